The van der Waals surface area contributed by atoms with Gasteiger partial charge in [-0.15, -0.1) is 0 Å². The lowest BCUT2D eigenvalue weighted by molar-refractivity contribution is 0.567. The van der Waals surface area contributed by atoms with Crippen LogP contribution in [0.1, 0.15) is 40.5 Å². The van der Waals surface area contributed by atoms with Crippen molar-refractivity contribution in [2.45, 2.75) is 40.5 Å². The molecular weight excluding hydrogens is 199 g/mol. The molecule has 0 atom stereocenters. The molecule has 0 saturated carbocycles. The molecule has 0 aliphatic carbocycles. The van der Waals surface area contributed by atoms with Crippen molar-refractivity contribution in [3.05, 3.63) is 0 Å². The Kier molecular flexibility index (Phi) is 6.45. The molecule has 3 heteroatoms. The lowest BCUT2D eigenvalue weighted by atomic mass is 10.2. The quantitative estimate of drug-likeness (QED) is 0.694. The first-order valence-corrected chi connectivity index (χ1v) is 8.27. The van der Waals surface area contributed by atoms with Gasteiger partial charge in [0.1, 0.15) is 0 Å². The number of rotatable bonds is 6. The third-order valence-electron chi connectivity index (χ3n) is 2.11. The van der Waals surface area contributed by atoms with Crippen molar-refractivity contribution in [1.82, 2.24) is 0 Å². The summed E-state index contributed by atoms with van der Waals surface area (Å²) >= 11 is 5.25. The summed E-state index contributed by atoms with van der Waals surface area (Å²) in [7, 11) is 0. The van der Waals surface area contributed by atoms with Gasteiger partial charge in [-0.05, 0) is 37.0 Å². The monoisotopic (exact) mass is 222 g/mol. The van der Waals surface area contributed by atoms with Crippen LogP contribution in [-0.2, 0) is 11.8 Å². The van der Waals surface area contributed by atoms with Gasteiger partial charge in [0.15, 0.2) is 0 Å². The number of hydrogen-bond acceptors (Lipinski definition) is 1. The Morgan fingerprint density at radius 1 is 1.00 bits per heavy atom. The topological polar surface area (TPSA) is 20.2 Å². The first kappa shape index (κ1) is 13.6. The highest BCUT2D eigenvalue weighted by Crippen LogP contribution is 2.43. The molecule has 1 N–H and O–H groups in total. The molecule has 0 bridgehead atoms. The van der Waals surface area contributed by atoms with Crippen molar-refractivity contribution in [3.8, 4) is 0 Å². The average molecular weight is 222 g/mol. The molecule has 0 radical (unpaired) electrons. The molecule has 13 heavy (non-hydrogen) atoms. The largest absolute Gasteiger partial charge is 0.365 e. The van der Waals surface area contributed by atoms with E-state index in [9.17, 15) is 4.89 Å². The van der Waals surface area contributed by atoms with Crippen LogP contribution in [-0.4, -0.2) is 17.2 Å². The third kappa shape index (κ3) is 8.93. The molecule has 0 fully saturated rings. The Balaban J connectivity index is 3.74. The molecule has 0 spiro atoms. The summed E-state index contributed by atoms with van der Waals surface area (Å²) in [6.45, 7) is 8.71. The van der Waals surface area contributed by atoms with E-state index >= 15 is 0 Å². The van der Waals surface area contributed by atoms with Gasteiger partial charge in [0.2, 0.25) is 0 Å². The zero-order valence-electron chi connectivity index (χ0n) is 9.29. The van der Waals surface area contributed by atoms with E-state index < -0.39 is 6.26 Å². The minimum atomic E-state index is -1.97. The number of hydrogen-bond donors (Lipinski definition) is 1. The van der Waals surface area contributed by atoms with E-state index in [2.05, 4.69) is 27.7 Å². The van der Waals surface area contributed by atoms with Crippen LogP contribution in [0.5, 0.6) is 0 Å². The van der Waals surface area contributed by atoms with Crippen molar-refractivity contribution in [3.63, 3.8) is 0 Å². The van der Waals surface area contributed by atoms with Gasteiger partial charge in [-0.2, -0.15) is 0 Å². The molecule has 0 saturated heterocycles. The highest BCUT2D eigenvalue weighted by molar-refractivity contribution is 8.11. The summed E-state index contributed by atoms with van der Waals surface area (Å²) in [5.41, 5.74) is 0. The second-order valence-electron chi connectivity index (χ2n) is 4.66. The van der Waals surface area contributed by atoms with Gasteiger partial charge >= 0.3 is 0 Å². The molecule has 0 amide bonds. The van der Waals surface area contributed by atoms with Gasteiger partial charge in [0.25, 0.3) is 0 Å². The molecule has 0 aliphatic rings. The highest BCUT2D eigenvalue weighted by atomic mass is 32.4. The van der Waals surface area contributed by atoms with Crippen molar-refractivity contribution in [2.24, 2.45) is 11.8 Å². The Morgan fingerprint density at radius 3 is 1.54 bits per heavy atom. The molecule has 0 heterocycles. The van der Waals surface area contributed by atoms with Crippen LogP contribution in [0.2, 0.25) is 0 Å². The Morgan fingerprint density at radius 2 is 1.31 bits per heavy atom. The summed E-state index contributed by atoms with van der Waals surface area (Å²) in [6, 6.07) is 0. The second kappa shape index (κ2) is 6.16. The molecule has 80 valence electrons. The lowest BCUT2D eigenvalue weighted by Gasteiger charge is -2.17. The molecule has 1 nitrogen and oxygen atoms in total. The molecule has 0 aliphatic heterocycles. The van der Waals surface area contributed by atoms with Crippen LogP contribution in [0, 0.1) is 11.8 Å². The summed E-state index contributed by atoms with van der Waals surface area (Å²) in [4.78, 5) is 9.94. The standard InChI is InChI=1S/C10H23OPS/c1-9(2)5-7-12(11,13)8-6-10(3)4/h9-10H,5-8H2,1-4H3,(H,11,13). The minimum absolute atomic E-state index is 0.661. The zero-order chi connectivity index (χ0) is 10.5. The van der Waals surface area contributed by atoms with E-state index in [0.29, 0.717) is 11.8 Å². The third-order valence-corrected chi connectivity index (χ3v) is 5.12. The Hall–Kier alpha value is 0.610. The maximum atomic E-state index is 9.94. The first-order chi connectivity index (χ1) is 5.83. The summed E-state index contributed by atoms with van der Waals surface area (Å²) in [5, 5.41) is 0. The highest BCUT2D eigenvalue weighted by Gasteiger charge is 2.13. The lowest BCUT2D eigenvalue weighted by Crippen LogP contribution is -2.00. The minimum Gasteiger partial charge on any atom is -0.365 e. The first-order valence-electron chi connectivity index (χ1n) is 5.14. The van der Waals surface area contributed by atoms with Gasteiger partial charge in [-0.25, -0.2) is 0 Å². The smallest absolute Gasteiger partial charge is 0.0637 e. The van der Waals surface area contributed by atoms with E-state index in [0.717, 1.165) is 25.2 Å². The van der Waals surface area contributed by atoms with Gasteiger partial charge in [-0.3, -0.25) is 0 Å². The molecule has 0 unspecified atom stereocenters. The van der Waals surface area contributed by atoms with Crippen LogP contribution in [0.25, 0.3) is 0 Å². The maximum absolute atomic E-state index is 9.94. The average Bonchev–Trinajstić information content (AvgIpc) is 1.98. The van der Waals surface area contributed by atoms with Crippen LogP contribution in [0.4, 0.5) is 0 Å². The van der Waals surface area contributed by atoms with E-state index in [1.807, 2.05) is 0 Å². The Labute approximate surface area is 88.0 Å². The normalized spacial score (nSPS) is 12.8. The van der Waals surface area contributed by atoms with Crippen LogP contribution in [0.3, 0.4) is 0 Å². The fraction of sp³-hybridized carbons (Fsp3) is 1.00. The van der Waals surface area contributed by atoms with Crippen LogP contribution >= 0.6 is 6.26 Å². The van der Waals surface area contributed by atoms with E-state index in [4.69, 9.17) is 11.8 Å². The van der Waals surface area contributed by atoms with Crippen molar-refractivity contribution < 1.29 is 4.89 Å². The SMILES string of the molecule is CC(C)CCP(O)(=S)CCC(C)C. The molecular formula is C10H23OPS. The molecule has 0 aromatic heterocycles. The van der Waals surface area contributed by atoms with Gasteiger partial charge in [0, 0.05) is 0 Å². The van der Waals surface area contributed by atoms with Crippen molar-refractivity contribution >= 4 is 18.1 Å². The Bertz CT molecular complexity index is 162. The molecule has 0 rings (SSSR count). The van der Waals surface area contributed by atoms with E-state index in [-0.39, 0.29) is 0 Å². The van der Waals surface area contributed by atoms with Crippen LogP contribution in [0.15, 0.2) is 0 Å². The van der Waals surface area contributed by atoms with Gasteiger partial charge in [0.05, 0.1) is 6.26 Å². The van der Waals surface area contributed by atoms with E-state index in [1.54, 1.807) is 0 Å². The van der Waals surface area contributed by atoms with Gasteiger partial charge in [-0.1, -0.05) is 39.5 Å². The van der Waals surface area contributed by atoms with Crippen molar-refractivity contribution in [1.29, 1.82) is 0 Å². The predicted octanol–water partition coefficient (Wildman–Crippen LogP) is 3.47. The molecule has 0 aromatic carbocycles. The fourth-order valence-electron chi connectivity index (χ4n) is 1.03. The second-order valence-corrected chi connectivity index (χ2v) is 9.28. The molecule has 0 aromatic rings. The maximum Gasteiger partial charge on any atom is 0.0637 e. The summed E-state index contributed by atoms with van der Waals surface area (Å²) in [5.74, 6) is 1.32. The van der Waals surface area contributed by atoms with E-state index in [1.165, 1.54) is 0 Å². The van der Waals surface area contributed by atoms with Gasteiger partial charge < -0.3 is 4.89 Å². The van der Waals surface area contributed by atoms with Crippen LogP contribution < -0.4 is 0 Å². The predicted molar refractivity (Wildman–Crippen MR) is 65.1 cm³/mol. The fourth-order valence-corrected chi connectivity index (χ4v) is 3.73. The zero-order valence-corrected chi connectivity index (χ0v) is 11.0. The summed E-state index contributed by atoms with van der Waals surface area (Å²) in [6.07, 6.45) is 1.92. The summed E-state index contributed by atoms with van der Waals surface area (Å²) < 4.78 is 0. The van der Waals surface area contributed by atoms with Crippen molar-refractivity contribution in [2.75, 3.05) is 12.3 Å².